The van der Waals surface area contributed by atoms with Gasteiger partial charge in [0.1, 0.15) is 11.6 Å². The summed E-state index contributed by atoms with van der Waals surface area (Å²) < 4.78 is 15.7. The van der Waals surface area contributed by atoms with Crippen LogP contribution < -0.4 is 0 Å². The third-order valence-corrected chi connectivity index (χ3v) is 5.21. The standard InChI is InChI=1S/C23H26FNO4/c1-14(2)25-20-6-4-3-5-19(20)23(15-7-9-16(24)10-8-15)21(25)12-17(26)11-18(27)13-22(28)29/h3-4,7-10,14,18,27H,5-6,11-13H2,1-2H3,(H,28,29). The number of fused-ring (bicyclic) bond motifs is 1. The number of carboxylic acid groups (broad SMARTS) is 1. The number of Topliss-reactive ketones (excluding diaryl/α,β-unsaturated/α-hetero) is 1. The molecule has 154 valence electrons. The highest BCUT2D eigenvalue weighted by molar-refractivity contribution is 5.85. The molecule has 3 rings (SSSR count). The minimum Gasteiger partial charge on any atom is -0.481 e. The SMILES string of the molecule is CC(C)n1c2c(c(-c3ccc(F)cc3)c1CC(=O)CC(O)CC(=O)O)CC=CC2. The lowest BCUT2D eigenvalue weighted by molar-refractivity contribution is -0.139. The number of aliphatic hydroxyl groups is 1. The Morgan fingerprint density at radius 2 is 1.76 bits per heavy atom. The lowest BCUT2D eigenvalue weighted by Gasteiger charge is -2.18. The molecule has 0 amide bonds. The molecule has 5 nitrogen and oxygen atoms in total. The number of benzene rings is 1. The van der Waals surface area contributed by atoms with Crippen molar-refractivity contribution in [3.63, 3.8) is 0 Å². The van der Waals surface area contributed by atoms with Crippen LogP contribution in [0.4, 0.5) is 4.39 Å². The zero-order chi connectivity index (χ0) is 21.1. The molecular weight excluding hydrogens is 373 g/mol. The molecule has 0 radical (unpaired) electrons. The van der Waals surface area contributed by atoms with Gasteiger partial charge in [0.25, 0.3) is 0 Å². The topological polar surface area (TPSA) is 79.5 Å². The van der Waals surface area contributed by atoms with E-state index in [4.69, 9.17) is 5.11 Å². The van der Waals surface area contributed by atoms with Gasteiger partial charge in [-0.15, -0.1) is 0 Å². The summed E-state index contributed by atoms with van der Waals surface area (Å²) in [4.78, 5) is 23.5. The molecule has 1 aliphatic rings. The molecule has 0 spiro atoms. The van der Waals surface area contributed by atoms with Gasteiger partial charge in [-0.05, 0) is 43.5 Å². The normalized spacial score (nSPS) is 14.1. The molecule has 1 atom stereocenters. The Balaban J connectivity index is 2.04. The highest BCUT2D eigenvalue weighted by Crippen LogP contribution is 2.38. The van der Waals surface area contributed by atoms with E-state index < -0.39 is 18.5 Å². The minimum absolute atomic E-state index is 0.0918. The lowest BCUT2D eigenvalue weighted by Crippen LogP contribution is -2.20. The van der Waals surface area contributed by atoms with Crippen molar-refractivity contribution < 1.29 is 24.2 Å². The zero-order valence-corrected chi connectivity index (χ0v) is 16.7. The van der Waals surface area contributed by atoms with Crippen LogP contribution in [0.2, 0.25) is 0 Å². The maximum absolute atomic E-state index is 13.5. The van der Waals surface area contributed by atoms with E-state index in [1.165, 1.54) is 12.1 Å². The van der Waals surface area contributed by atoms with E-state index in [-0.39, 0.29) is 30.5 Å². The molecule has 2 N–H and O–H groups in total. The Morgan fingerprint density at radius 1 is 1.10 bits per heavy atom. The number of allylic oxidation sites excluding steroid dienone is 2. The molecule has 0 saturated heterocycles. The molecule has 0 saturated carbocycles. The average molecular weight is 399 g/mol. The first-order valence-corrected chi connectivity index (χ1v) is 9.85. The maximum atomic E-state index is 13.5. The number of nitrogens with zero attached hydrogens (tertiary/aromatic N) is 1. The fraction of sp³-hybridized carbons (Fsp3) is 0.391. The number of carbonyl (C=O) groups excluding carboxylic acids is 1. The summed E-state index contributed by atoms with van der Waals surface area (Å²) in [5, 5.41) is 18.7. The molecule has 2 aromatic rings. The summed E-state index contributed by atoms with van der Waals surface area (Å²) in [6.45, 7) is 4.11. The van der Waals surface area contributed by atoms with E-state index in [1.807, 2.05) is 0 Å². The summed E-state index contributed by atoms with van der Waals surface area (Å²) in [7, 11) is 0. The van der Waals surface area contributed by atoms with Crippen molar-refractivity contribution >= 4 is 11.8 Å². The van der Waals surface area contributed by atoms with Crippen LogP contribution in [0.1, 0.15) is 49.7 Å². The Labute approximate surface area is 169 Å². The minimum atomic E-state index is -1.20. The van der Waals surface area contributed by atoms with Gasteiger partial charge >= 0.3 is 5.97 Å². The second-order valence-electron chi connectivity index (χ2n) is 7.77. The average Bonchev–Trinajstić information content (AvgIpc) is 2.95. The van der Waals surface area contributed by atoms with Crippen molar-refractivity contribution in [1.82, 2.24) is 4.57 Å². The second kappa shape index (κ2) is 8.74. The molecule has 1 aromatic carbocycles. The van der Waals surface area contributed by atoms with E-state index in [1.54, 1.807) is 12.1 Å². The van der Waals surface area contributed by atoms with Gasteiger partial charge < -0.3 is 14.8 Å². The number of carboxylic acids is 1. The lowest BCUT2D eigenvalue weighted by atomic mass is 9.93. The molecule has 0 fully saturated rings. The first-order valence-electron chi connectivity index (χ1n) is 9.85. The van der Waals surface area contributed by atoms with E-state index in [0.717, 1.165) is 40.9 Å². The van der Waals surface area contributed by atoms with Crippen LogP contribution in [-0.2, 0) is 28.9 Å². The van der Waals surface area contributed by atoms with Crippen molar-refractivity contribution in [2.24, 2.45) is 0 Å². The monoisotopic (exact) mass is 399 g/mol. The van der Waals surface area contributed by atoms with Crippen molar-refractivity contribution in [1.29, 1.82) is 0 Å². The molecule has 1 unspecified atom stereocenters. The zero-order valence-electron chi connectivity index (χ0n) is 16.7. The van der Waals surface area contributed by atoms with Gasteiger partial charge in [-0.1, -0.05) is 24.3 Å². The third kappa shape index (κ3) is 4.65. The number of aromatic nitrogens is 1. The fourth-order valence-electron chi connectivity index (χ4n) is 4.13. The molecule has 1 aliphatic carbocycles. The van der Waals surface area contributed by atoms with Gasteiger partial charge in [0, 0.05) is 42.3 Å². The number of carbonyl (C=O) groups is 2. The Bertz CT molecular complexity index is 941. The van der Waals surface area contributed by atoms with E-state index in [2.05, 4.69) is 30.6 Å². The van der Waals surface area contributed by atoms with Crippen LogP contribution in [0.25, 0.3) is 11.1 Å². The molecular formula is C23H26FNO4. The maximum Gasteiger partial charge on any atom is 0.305 e. The number of hydrogen-bond acceptors (Lipinski definition) is 3. The van der Waals surface area contributed by atoms with Crippen LogP contribution in [0.3, 0.4) is 0 Å². The van der Waals surface area contributed by atoms with Crippen LogP contribution in [0.15, 0.2) is 36.4 Å². The summed E-state index contributed by atoms with van der Waals surface area (Å²) in [6, 6.07) is 6.39. The van der Waals surface area contributed by atoms with Gasteiger partial charge in [-0.3, -0.25) is 9.59 Å². The Hall–Kier alpha value is -2.73. The number of hydrogen-bond donors (Lipinski definition) is 2. The number of aliphatic carboxylic acids is 1. The van der Waals surface area contributed by atoms with Gasteiger partial charge in [0.15, 0.2) is 0 Å². The van der Waals surface area contributed by atoms with Gasteiger partial charge in [0.2, 0.25) is 0 Å². The summed E-state index contributed by atoms with van der Waals surface area (Å²) in [5.74, 6) is -1.67. The largest absolute Gasteiger partial charge is 0.481 e. The van der Waals surface area contributed by atoms with Gasteiger partial charge in [0.05, 0.1) is 12.5 Å². The van der Waals surface area contributed by atoms with Crippen LogP contribution >= 0.6 is 0 Å². The van der Waals surface area contributed by atoms with Crippen molar-refractivity contribution in [2.75, 3.05) is 0 Å². The third-order valence-electron chi connectivity index (χ3n) is 5.21. The number of rotatable bonds is 8. The van der Waals surface area contributed by atoms with E-state index >= 15 is 0 Å². The molecule has 1 heterocycles. The fourth-order valence-corrected chi connectivity index (χ4v) is 4.13. The van der Waals surface area contributed by atoms with Crippen molar-refractivity contribution in [2.45, 2.75) is 58.1 Å². The highest BCUT2D eigenvalue weighted by atomic mass is 19.1. The summed E-state index contributed by atoms with van der Waals surface area (Å²) in [5.41, 5.74) is 4.93. The molecule has 29 heavy (non-hydrogen) atoms. The Morgan fingerprint density at radius 3 is 2.38 bits per heavy atom. The van der Waals surface area contributed by atoms with E-state index in [0.29, 0.717) is 0 Å². The number of aliphatic hydroxyl groups excluding tert-OH is 1. The smallest absolute Gasteiger partial charge is 0.305 e. The predicted molar refractivity (Wildman–Crippen MR) is 108 cm³/mol. The van der Waals surface area contributed by atoms with E-state index in [9.17, 15) is 19.1 Å². The number of halogens is 1. The van der Waals surface area contributed by atoms with Crippen LogP contribution in [0.5, 0.6) is 0 Å². The van der Waals surface area contributed by atoms with Crippen molar-refractivity contribution in [3.8, 4) is 11.1 Å². The highest BCUT2D eigenvalue weighted by Gasteiger charge is 2.27. The Kier molecular flexibility index (Phi) is 6.33. The molecule has 6 heteroatoms. The van der Waals surface area contributed by atoms with Crippen LogP contribution in [0, 0.1) is 5.82 Å². The quantitative estimate of drug-likeness (QED) is 0.661. The number of ketones is 1. The first-order chi connectivity index (χ1) is 13.8. The molecule has 1 aromatic heterocycles. The first kappa shape index (κ1) is 21.0. The molecule has 0 bridgehead atoms. The summed E-state index contributed by atoms with van der Waals surface area (Å²) >= 11 is 0. The molecule has 0 aliphatic heterocycles. The predicted octanol–water partition coefficient (Wildman–Crippen LogP) is 3.87. The van der Waals surface area contributed by atoms with Gasteiger partial charge in [-0.25, -0.2) is 4.39 Å². The van der Waals surface area contributed by atoms with Crippen molar-refractivity contribution in [3.05, 3.63) is 59.2 Å². The summed E-state index contributed by atoms with van der Waals surface area (Å²) in [6.07, 6.45) is 3.94. The van der Waals surface area contributed by atoms with Crippen LogP contribution in [-0.4, -0.2) is 32.6 Å². The van der Waals surface area contributed by atoms with Gasteiger partial charge in [-0.2, -0.15) is 0 Å². The second-order valence-corrected chi connectivity index (χ2v) is 7.77.